The lowest BCUT2D eigenvalue weighted by Crippen LogP contribution is -2.04. The Balaban J connectivity index is 2.53. The highest BCUT2D eigenvalue weighted by atomic mass is 79.9. The maximum Gasteiger partial charge on any atom is 0.273 e. The molecule has 0 bridgehead atoms. The van der Waals surface area contributed by atoms with E-state index in [1.807, 2.05) is 13.8 Å². The molecule has 2 rings (SSSR count). The average Bonchev–Trinajstić information content (AvgIpc) is 2.89. The van der Waals surface area contributed by atoms with Gasteiger partial charge in [-0.1, -0.05) is 29.8 Å². The first kappa shape index (κ1) is 14.6. The third-order valence-electron chi connectivity index (χ3n) is 3.00. The van der Waals surface area contributed by atoms with Gasteiger partial charge in [0.05, 0.1) is 10.6 Å². The van der Waals surface area contributed by atoms with Crippen molar-refractivity contribution in [1.82, 2.24) is 14.8 Å². The molecular weight excluding hydrogens is 324 g/mol. The number of halogens is 1. The molecule has 0 N–H and O–H groups in total. The lowest BCUT2D eigenvalue weighted by Gasteiger charge is -2.06. The van der Waals surface area contributed by atoms with Gasteiger partial charge < -0.3 is 0 Å². The highest BCUT2D eigenvalue weighted by Gasteiger charge is 2.16. The van der Waals surface area contributed by atoms with Crippen molar-refractivity contribution in [2.75, 3.05) is 0 Å². The summed E-state index contributed by atoms with van der Waals surface area (Å²) in [6, 6.07) is 5.00. The third-order valence-corrected chi connectivity index (χ3v) is 3.60. The maximum absolute atomic E-state index is 11.0. The van der Waals surface area contributed by atoms with Crippen LogP contribution in [-0.2, 0) is 18.2 Å². The fourth-order valence-electron chi connectivity index (χ4n) is 1.97. The smallest absolute Gasteiger partial charge is 0.258 e. The molecule has 20 heavy (non-hydrogen) atoms. The highest BCUT2D eigenvalue weighted by molar-refractivity contribution is 9.08. The molecule has 0 atom stereocenters. The molecule has 1 aromatic carbocycles. The molecule has 0 saturated carbocycles. The number of hydrogen-bond donors (Lipinski definition) is 0. The van der Waals surface area contributed by atoms with Crippen LogP contribution in [0.25, 0.3) is 5.69 Å². The van der Waals surface area contributed by atoms with Gasteiger partial charge in [0.2, 0.25) is 0 Å². The van der Waals surface area contributed by atoms with Gasteiger partial charge in [-0.3, -0.25) is 10.1 Å². The summed E-state index contributed by atoms with van der Waals surface area (Å²) >= 11 is 3.29. The summed E-state index contributed by atoms with van der Waals surface area (Å²) in [5, 5.41) is 15.8. The Morgan fingerprint density at radius 3 is 2.65 bits per heavy atom. The number of benzene rings is 1. The van der Waals surface area contributed by atoms with Gasteiger partial charge >= 0.3 is 0 Å². The summed E-state index contributed by atoms with van der Waals surface area (Å²) in [5.41, 5.74) is 1.54. The number of hydrogen-bond acceptors (Lipinski definition) is 4. The molecule has 0 unspecified atom stereocenters. The molecule has 106 valence electrons. The number of aryl methyl sites for hydroxylation is 2. The molecule has 0 aliphatic heterocycles. The predicted octanol–water partition coefficient (Wildman–Crippen LogP) is 3.20. The lowest BCUT2D eigenvalue weighted by atomic mass is 10.2. The summed E-state index contributed by atoms with van der Waals surface area (Å²) in [6.45, 7) is 4.01. The first-order valence-corrected chi connectivity index (χ1v) is 7.51. The van der Waals surface area contributed by atoms with Crippen molar-refractivity contribution >= 4 is 21.6 Å². The number of nitrogens with zero attached hydrogens (tertiary/aromatic N) is 4. The number of nitro benzene ring substituents is 1. The van der Waals surface area contributed by atoms with Crippen LogP contribution < -0.4 is 0 Å². The topological polar surface area (TPSA) is 73.8 Å². The van der Waals surface area contributed by atoms with E-state index in [-0.39, 0.29) is 10.6 Å². The van der Waals surface area contributed by atoms with Gasteiger partial charge in [0, 0.05) is 29.8 Å². The second kappa shape index (κ2) is 6.13. The van der Waals surface area contributed by atoms with Crippen molar-refractivity contribution in [2.24, 2.45) is 0 Å². The number of aromatic nitrogens is 3. The summed E-state index contributed by atoms with van der Waals surface area (Å²) in [4.78, 5) is 15.0. The van der Waals surface area contributed by atoms with Crippen LogP contribution in [0.15, 0.2) is 18.2 Å². The van der Waals surface area contributed by atoms with Crippen LogP contribution in [0.3, 0.4) is 0 Å². The predicted molar refractivity (Wildman–Crippen MR) is 79.4 cm³/mol. The molecule has 0 aliphatic rings. The quantitative estimate of drug-likeness (QED) is 0.476. The van der Waals surface area contributed by atoms with E-state index in [0.29, 0.717) is 10.9 Å². The van der Waals surface area contributed by atoms with E-state index in [0.717, 1.165) is 30.2 Å². The zero-order valence-electron chi connectivity index (χ0n) is 11.3. The molecule has 7 heteroatoms. The number of rotatable bonds is 5. The van der Waals surface area contributed by atoms with Crippen LogP contribution in [0.4, 0.5) is 5.69 Å². The van der Waals surface area contributed by atoms with Crippen LogP contribution in [0.2, 0.25) is 0 Å². The van der Waals surface area contributed by atoms with Gasteiger partial charge in [-0.2, -0.15) is 5.10 Å². The van der Waals surface area contributed by atoms with Crippen molar-refractivity contribution in [2.45, 2.75) is 32.0 Å². The fraction of sp³-hybridized carbons (Fsp3) is 0.385. The minimum absolute atomic E-state index is 0.111. The first-order valence-electron chi connectivity index (χ1n) is 6.39. The standard InChI is InChI=1S/C13H15BrN4O2/c1-3-12-15-13(4-2)17(16-12)10-5-6-11(18(19)20)9(7-10)8-14/h5-7H,3-4,8H2,1-2H3. The van der Waals surface area contributed by atoms with Crippen LogP contribution in [0, 0.1) is 10.1 Å². The van der Waals surface area contributed by atoms with Crippen molar-refractivity contribution in [3.05, 3.63) is 45.5 Å². The molecule has 1 aromatic heterocycles. The van der Waals surface area contributed by atoms with Crippen LogP contribution in [0.1, 0.15) is 31.1 Å². The Hall–Kier alpha value is -1.76. The molecule has 6 nitrogen and oxygen atoms in total. The summed E-state index contributed by atoms with van der Waals surface area (Å²) in [6.07, 6.45) is 1.52. The molecule has 0 spiro atoms. The van der Waals surface area contributed by atoms with E-state index in [9.17, 15) is 10.1 Å². The summed E-state index contributed by atoms with van der Waals surface area (Å²) < 4.78 is 1.76. The Morgan fingerprint density at radius 1 is 1.35 bits per heavy atom. The third kappa shape index (κ3) is 2.72. The van der Waals surface area contributed by atoms with Crippen molar-refractivity contribution in [3.8, 4) is 5.69 Å². The maximum atomic E-state index is 11.0. The normalized spacial score (nSPS) is 10.8. The second-order valence-electron chi connectivity index (χ2n) is 4.27. The zero-order valence-corrected chi connectivity index (χ0v) is 12.9. The van der Waals surface area contributed by atoms with Crippen molar-refractivity contribution in [1.29, 1.82) is 0 Å². The molecule has 0 radical (unpaired) electrons. The fourth-order valence-corrected chi connectivity index (χ4v) is 2.42. The Bertz CT molecular complexity index is 639. The Labute approximate surface area is 125 Å². The molecule has 0 aliphatic carbocycles. The van der Waals surface area contributed by atoms with E-state index in [1.165, 1.54) is 6.07 Å². The number of alkyl halides is 1. The minimum Gasteiger partial charge on any atom is -0.258 e. The molecule has 0 saturated heterocycles. The Morgan fingerprint density at radius 2 is 2.10 bits per heavy atom. The summed E-state index contributed by atoms with van der Waals surface area (Å²) in [5.74, 6) is 1.64. The van der Waals surface area contributed by atoms with E-state index in [4.69, 9.17) is 0 Å². The van der Waals surface area contributed by atoms with Crippen molar-refractivity contribution < 1.29 is 4.92 Å². The SMILES string of the molecule is CCc1nc(CC)n(-c2ccc([N+](=O)[O-])c(CBr)c2)n1. The van der Waals surface area contributed by atoms with Crippen molar-refractivity contribution in [3.63, 3.8) is 0 Å². The van der Waals surface area contributed by atoms with Gasteiger partial charge in [0.25, 0.3) is 5.69 Å². The lowest BCUT2D eigenvalue weighted by molar-refractivity contribution is -0.385. The van der Waals surface area contributed by atoms with E-state index in [2.05, 4.69) is 26.0 Å². The van der Waals surface area contributed by atoms with E-state index in [1.54, 1.807) is 16.8 Å². The highest BCUT2D eigenvalue weighted by Crippen LogP contribution is 2.24. The Kier molecular flexibility index (Phi) is 4.49. The largest absolute Gasteiger partial charge is 0.273 e. The van der Waals surface area contributed by atoms with Crippen LogP contribution in [-0.4, -0.2) is 19.7 Å². The van der Waals surface area contributed by atoms with Crippen LogP contribution >= 0.6 is 15.9 Å². The molecule has 0 fully saturated rings. The first-order chi connectivity index (χ1) is 9.60. The van der Waals surface area contributed by atoms with Crippen LogP contribution in [0.5, 0.6) is 0 Å². The van der Waals surface area contributed by atoms with Gasteiger partial charge in [-0.25, -0.2) is 9.67 Å². The zero-order chi connectivity index (χ0) is 14.7. The summed E-state index contributed by atoms with van der Waals surface area (Å²) in [7, 11) is 0. The monoisotopic (exact) mass is 338 g/mol. The molecule has 0 amide bonds. The van der Waals surface area contributed by atoms with Gasteiger partial charge in [0.15, 0.2) is 5.82 Å². The van der Waals surface area contributed by atoms with Gasteiger partial charge in [-0.05, 0) is 12.1 Å². The van der Waals surface area contributed by atoms with Gasteiger partial charge in [0.1, 0.15) is 5.82 Å². The number of nitro groups is 1. The van der Waals surface area contributed by atoms with E-state index >= 15 is 0 Å². The average molecular weight is 339 g/mol. The van der Waals surface area contributed by atoms with Gasteiger partial charge in [-0.15, -0.1) is 0 Å². The van der Waals surface area contributed by atoms with E-state index < -0.39 is 0 Å². The second-order valence-corrected chi connectivity index (χ2v) is 4.83. The molecule has 2 aromatic rings. The molecular formula is C13H15BrN4O2. The molecule has 1 heterocycles. The minimum atomic E-state index is -0.375.